The third-order valence-corrected chi connectivity index (χ3v) is 4.44. The van der Waals surface area contributed by atoms with Crippen LogP contribution in [0.5, 0.6) is 0 Å². The van der Waals surface area contributed by atoms with Crippen LogP contribution in [0.15, 0.2) is 84.9 Å². The highest BCUT2D eigenvalue weighted by Gasteiger charge is 2.14. The molecule has 5 nitrogen and oxygen atoms in total. The highest BCUT2D eigenvalue weighted by Crippen LogP contribution is 2.25. The predicted molar refractivity (Wildman–Crippen MR) is 110 cm³/mol. The Morgan fingerprint density at radius 3 is 2.36 bits per heavy atom. The topological polar surface area (TPSA) is 85.1 Å². The molecular formula is C23H17N3O2. The fourth-order valence-corrected chi connectivity index (χ4v) is 3.07. The molecule has 1 aromatic heterocycles. The number of nitrogens with one attached hydrogen (secondary N) is 1. The molecule has 2 amide bonds. The van der Waals surface area contributed by atoms with Gasteiger partial charge in [0.25, 0.3) is 5.91 Å². The van der Waals surface area contributed by atoms with Gasteiger partial charge < -0.3 is 11.1 Å². The average molecular weight is 367 g/mol. The van der Waals surface area contributed by atoms with Gasteiger partial charge in [0, 0.05) is 22.2 Å². The van der Waals surface area contributed by atoms with Gasteiger partial charge in [-0.3, -0.25) is 9.59 Å². The second-order valence-electron chi connectivity index (χ2n) is 6.34. The first-order valence-electron chi connectivity index (χ1n) is 8.78. The van der Waals surface area contributed by atoms with Gasteiger partial charge in [-0.2, -0.15) is 0 Å². The molecule has 3 N–H and O–H groups in total. The molecule has 0 bridgehead atoms. The Balaban J connectivity index is 1.78. The summed E-state index contributed by atoms with van der Waals surface area (Å²) >= 11 is 0. The van der Waals surface area contributed by atoms with Crippen LogP contribution in [-0.4, -0.2) is 16.8 Å². The van der Waals surface area contributed by atoms with Crippen molar-refractivity contribution >= 4 is 28.4 Å². The average Bonchev–Trinajstić information content (AvgIpc) is 2.73. The summed E-state index contributed by atoms with van der Waals surface area (Å²) in [6, 6.07) is 25.6. The first kappa shape index (κ1) is 17.4. The van der Waals surface area contributed by atoms with Gasteiger partial charge in [0.1, 0.15) is 0 Å². The standard InChI is InChI=1S/C23H17N3O2/c24-22(27)16-9-6-10-17(13-16)25-23(28)19-14-21(15-7-2-1-3-8-15)26-20-12-5-4-11-18(19)20/h1-14H,(H2,24,27)(H,25,28). The molecule has 4 aromatic rings. The lowest BCUT2D eigenvalue weighted by Crippen LogP contribution is -2.15. The van der Waals surface area contributed by atoms with E-state index in [1.54, 1.807) is 30.3 Å². The number of nitrogens with two attached hydrogens (primary N) is 1. The van der Waals surface area contributed by atoms with Crippen molar-refractivity contribution in [1.82, 2.24) is 4.98 Å². The van der Waals surface area contributed by atoms with Crippen LogP contribution < -0.4 is 11.1 Å². The molecular weight excluding hydrogens is 350 g/mol. The number of carbonyl (C=O) groups excluding carboxylic acids is 2. The Labute approximate surface area is 161 Å². The van der Waals surface area contributed by atoms with Crippen LogP contribution in [0.4, 0.5) is 5.69 Å². The number of benzene rings is 3. The Morgan fingerprint density at radius 2 is 1.57 bits per heavy atom. The van der Waals surface area contributed by atoms with Crippen molar-refractivity contribution in [1.29, 1.82) is 0 Å². The summed E-state index contributed by atoms with van der Waals surface area (Å²) in [4.78, 5) is 29.1. The molecule has 5 heteroatoms. The second kappa shape index (κ2) is 7.32. The molecule has 0 unspecified atom stereocenters. The van der Waals surface area contributed by atoms with E-state index in [0.29, 0.717) is 16.8 Å². The van der Waals surface area contributed by atoms with Crippen molar-refractivity contribution in [2.24, 2.45) is 5.73 Å². The molecule has 0 radical (unpaired) electrons. The molecule has 0 fully saturated rings. The number of para-hydroxylation sites is 1. The van der Waals surface area contributed by atoms with E-state index in [4.69, 9.17) is 10.7 Å². The smallest absolute Gasteiger partial charge is 0.256 e. The van der Waals surface area contributed by atoms with Gasteiger partial charge in [0.15, 0.2) is 0 Å². The van der Waals surface area contributed by atoms with Crippen LogP contribution in [0.1, 0.15) is 20.7 Å². The molecule has 0 aliphatic heterocycles. The fourth-order valence-electron chi connectivity index (χ4n) is 3.07. The second-order valence-corrected chi connectivity index (χ2v) is 6.34. The van der Waals surface area contributed by atoms with Gasteiger partial charge in [-0.25, -0.2) is 4.98 Å². The number of hydrogen-bond donors (Lipinski definition) is 2. The molecule has 0 aliphatic rings. The van der Waals surface area contributed by atoms with Crippen molar-refractivity contribution < 1.29 is 9.59 Å². The lowest BCUT2D eigenvalue weighted by molar-refractivity contribution is 0.0996. The Hall–Kier alpha value is -3.99. The number of anilines is 1. The zero-order chi connectivity index (χ0) is 19.5. The van der Waals surface area contributed by atoms with E-state index in [1.165, 1.54) is 0 Å². The van der Waals surface area contributed by atoms with Crippen molar-refractivity contribution in [3.8, 4) is 11.3 Å². The van der Waals surface area contributed by atoms with Gasteiger partial charge in [-0.15, -0.1) is 0 Å². The van der Waals surface area contributed by atoms with Gasteiger partial charge in [0.2, 0.25) is 5.91 Å². The van der Waals surface area contributed by atoms with E-state index in [9.17, 15) is 9.59 Å². The van der Waals surface area contributed by atoms with Gasteiger partial charge in [-0.05, 0) is 30.3 Å². The molecule has 1 heterocycles. The maximum Gasteiger partial charge on any atom is 0.256 e. The first-order valence-corrected chi connectivity index (χ1v) is 8.78. The number of nitrogens with zero attached hydrogens (tertiary/aromatic N) is 1. The zero-order valence-electron chi connectivity index (χ0n) is 14.9. The third-order valence-electron chi connectivity index (χ3n) is 4.44. The summed E-state index contributed by atoms with van der Waals surface area (Å²) in [5.41, 5.74) is 9.05. The molecule has 0 atom stereocenters. The summed E-state index contributed by atoms with van der Waals surface area (Å²) in [6.45, 7) is 0. The van der Waals surface area contributed by atoms with Crippen LogP contribution in [0.3, 0.4) is 0 Å². The monoisotopic (exact) mass is 367 g/mol. The summed E-state index contributed by atoms with van der Waals surface area (Å²) < 4.78 is 0. The van der Waals surface area contributed by atoms with Crippen molar-refractivity contribution in [3.63, 3.8) is 0 Å². The number of carbonyl (C=O) groups is 2. The largest absolute Gasteiger partial charge is 0.366 e. The van der Waals surface area contributed by atoms with E-state index in [2.05, 4.69) is 5.32 Å². The normalized spacial score (nSPS) is 10.6. The van der Waals surface area contributed by atoms with Crippen LogP contribution in [-0.2, 0) is 0 Å². The van der Waals surface area contributed by atoms with E-state index in [1.807, 2.05) is 54.6 Å². The lowest BCUT2D eigenvalue weighted by Gasteiger charge is -2.11. The SMILES string of the molecule is NC(=O)c1cccc(NC(=O)c2cc(-c3ccccc3)nc3ccccc23)c1. The number of amides is 2. The van der Waals surface area contributed by atoms with E-state index < -0.39 is 5.91 Å². The molecule has 0 spiro atoms. The molecule has 0 saturated heterocycles. The summed E-state index contributed by atoms with van der Waals surface area (Å²) in [7, 11) is 0. The molecule has 28 heavy (non-hydrogen) atoms. The Bertz CT molecular complexity index is 1190. The number of rotatable bonds is 4. The zero-order valence-corrected chi connectivity index (χ0v) is 14.9. The molecule has 136 valence electrons. The van der Waals surface area contributed by atoms with Crippen LogP contribution >= 0.6 is 0 Å². The molecule has 0 saturated carbocycles. The maximum atomic E-state index is 13.0. The van der Waals surface area contributed by atoms with Crippen molar-refractivity contribution in [2.45, 2.75) is 0 Å². The van der Waals surface area contributed by atoms with Crippen LogP contribution in [0.2, 0.25) is 0 Å². The summed E-state index contributed by atoms with van der Waals surface area (Å²) in [5, 5.41) is 3.61. The highest BCUT2D eigenvalue weighted by molar-refractivity contribution is 6.13. The lowest BCUT2D eigenvalue weighted by atomic mass is 10.0. The minimum atomic E-state index is -0.545. The fraction of sp³-hybridized carbons (Fsp3) is 0. The minimum Gasteiger partial charge on any atom is -0.366 e. The number of fused-ring (bicyclic) bond motifs is 1. The van der Waals surface area contributed by atoms with Gasteiger partial charge >= 0.3 is 0 Å². The highest BCUT2D eigenvalue weighted by atomic mass is 16.2. The Morgan fingerprint density at radius 1 is 0.821 bits per heavy atom. The molecule has 4 rings (SSSR count). The number of primary amides is 1. The first-order chi connectivity index (χ1) is 13.6. The molecule has 3 aromatic carbocycles. The predicted octanol–water partition coefficient (Wildman–Crippen LogP) is 4.25. The van der Waals surface area contributed by atoms with Crippen LogP contribution in [0.25, 0.3) is 22.2 Å². The van der Waals surface area contributed by atoms with Gasteiger partial charge in [-0.1, -0.05) is 54.6 Å². The van der Waals surface area contributed by atoms with Crippen molar-refractivity contribution in [2.75, 3.05) is 5.32 Å². The molecule has 0 aliphatic carbocycles. The summed E-state index contributed by atoms with van der Waals surface area (Å²) in [6.07, 6.45) is 0. The summed E-state index contributed by atoms with van der Waals surface area (Å²) in [5.74, 6) is -0.825. The minimum absolute atomic E-state index is 0.280. The maximum absolute atomic E-state index is 13.0. The number of hydrogen-bond acceptors (Lipinski definition) is 3. The van der Waals surface area contributed by atoms with E-state index >= 15 is 0 Å². The van der Waals surface area contributed by atoms with E-state index in [-0.39, 0.29) is 5.91 Å². The number of aromatic nitrogens is 1. The Kier molecular flexibility index (Phi) is 4.56. The quantitative estimate of drug-likeness (QED) is 0.565. The van der Waals surface area contributed by atoms with Crippen LogP contribution in [0, 0.1) is 0 Å². The number of pyridine rings is 1. The van der Waals surface area contributed by atoms with E-state index in [0.717, 1.165) is 22.2 Å². The van der Waals surface area contributed by atoms with Gasteiger partial charge in [0.05, 0.1) is 16.8 Å². The third kappa shape index (κ3) is 3.46. The van der Waals surface area contributed by atoms with Crippen molar-refractivity contribution in [3.05, 3.63) is 96.1 Å².